The fourth-order valence-electron chi connectivity index (χ4n) is 4.76. The molecule has 1 amide bonds. The van der Waals surface area contributed by atoms with Crippen LogP contribution in [0.25, 0.3) is 21.2 Å². The van der Waals surface area contributed by atoms with Crippen LogP contribution >= 0.6 is 11.3 Å². The summed E-state index contributed by atoms with van der Waals surface area (Å²) < 4.78 is 29.3. The van der Waals surface area contributed by atoms with E-state index < -0.39 is 15.6 Å². The highest BCUT2D eigenvalue weighted by molar-refractivity contribution is 7.89. The molecule has 1 aliphatic rings. The van der Waals surface area contributed by atoms with Crippen LogP contribution in [0, 0.1) is 0 Å². The number of nitrogens with one attached hydrogen (secondary N) is 2. The molecule has 194 valence electrons. The normalized spacial score (nSPS) is 15.8. The first-order chi connectivity index (χ1) is 16.8. The first-order valence-corrected chi connectivity index (χ1v) is 14.9. The van der Waals surface area contributed by atoms with Crippen LogP contribution in [0.5, 0.6) is 0 Å². The van der Waals surface area contributed by atoms with Gasteiger partial charge in [0.2, 0.25) is 10.0 Å². The Morgan fingerprint density at radius 2 is 1.58 bits per heavy atom. The molecule has 0 spiro atoms. The topological polar surface area (TPSA) is 88.2 Å². The summed E-state index contributed by atoms with van der Waals surface area (Å²) in [5.41, 5.74) is 0.833. The Hall–Kier alpha value is -2.29. The van der Waals surface area contributed by atoms with Gasteiger partial charge in [-0.2, -0.15) is 0 Å². The number of carbonyl (C=O) groups is 1. The second kappa shape index (κ2) is 9.88. The molecule has 2 aromatic carbocycles. The maximum atomic E-state index is 13.2. The minimum Gasteiger partial charge on any atom is -0.347 e. The number of sulfonamides is 1. The van der Waals surface area contributed by atoms with Gasteiger partial charge in [-0.15, -0.1) is 11.3 Å². The molecule has 6 nitrogen and oxygen atoms in total. The number of hydrogen-bond donors (Lipinski definition) is 2. The van der Waals surface area contributed by atoms with E-state index >= 15 is 0 Å². The first kappa shape index (κ1) is 26.8. The quantitative estimate of drug-likeness (QED) is 0.402. The Balaban J connectivity index is 1.82. The van der Waals surface area contributed by atoms with Gasteiger partial charge in [-0.1, -0.05) is 70.4 Å². The van der Waals surface area contributed by atoms with Crippen molar-refractivity contribution >= 4 is 38.0 Å². The summed E-state index contributed by atoms with van der Waals surface area (Å²) in [4.78, 5) is 19.1. The van der Waals surface area contributed by atoms with E-state index in [1.807, 2.05) is 51.1 Å². The zero-order valence-corrected chi connectivity index (χ0v) is 23.7. The average molecular weight is 528 g/mol. The summed E-state index contributed by atoms with van der Waals surface area (Å²) >= 11 is 1.39. The van der Waals surface area contributed by atoms with Gasteiger partial charge >= 0.3 is 0 Å². The number of benzene rings is 2. The standard InChI is InChI=1S/C28H37N3O3S2/c1-27(2,3)24-23(35-26(30-24)25(32)29-18-12-8-7-9-13-18)21-16-17-22(20-15-11-10-14-19(20)21)36(33,34)31-28(4,5)6/h10-11,14-18,31H,7-9,12-13H2,1-6H3,(H,29,32). The van der Waals surface area contributed by atoms with E-state index in [9.17, 15) is 13.2 Å². The largest absolute Gasteiger partial charge is 0.347 e. The Morgan fingerprint density at radius 3 is 2.19 bits per heavy atom. The average Bonchev–Trinajstić information content (AvgIpc) is 3.23. The van der Waals surface area contributed by atoms with Crippen LogP contribution in [0.4, 0.5) is 0 Å². The van der Waals surface area contributed by atoms with E-state index in [-0.39, 0.29) is 22.3 Å². The SMILES string of the molecule is CC(C)(C)NS(=O)(=O)c1ccc(-c2sc(C(=O)NC3CCCCC3)nc2C(C)(C)C)c2ccccc12. The molecule has 2 N–H and O–H groups in total. The van der Waals surface area contributed by atoms with Crippen molar-refractivity contribution in [3.05, 3.63) is 47.1 Å². The van der Waals surface area contributed by atoms with Crippen molar-refractivity contribution in [1.29, 1.82) is 0 Å². The van der Waals surface area contributed by atoms with Gasteiger partial charge in [0.15, 0.2) is 5.01 Å². The van der Waals surface area contributed by atoms with Crippen molar-refractivity contribution in [2.24, 2.45) is 0 Å². The number of hydrogen-bond acceptors (Lipinski definition) is 5. The van der Waals surface area contributed by atoms with Crippen molar-refractivity contribution in [3.63, 3.8) is 0 Å². The smallest absolute Gasteiger partial charge is 0.280 e. The third-order valence-electron chi connectivity index (χ3n) is 6.33. The van der Waals surface area contributed by atoms with E-state index in [0.717, 1.165) is 47.2 Å². The van der Waals surface area contributed by atoms with Crippen molar-refractivity contribution in [3.8, 4) is 10.4 Å². The molecule has 0 radical (unpaired) electrons. The molecule has 3 aromatic rings. The van der Waals surface area contributed by atoms with Gasteiger partial charge < -0.3 is 5.32 Å². The van der Waals surface area contributed by atoms with Crippen molar-refractivity contribution in [1.82, 2.24) is 15.0 Å². The summed E-state index contributed by atoms with van der Waals surface area (Å²) in [6, 6.07) is 11.3. The maximum Gasteiger partial charge on any atom is 0.280 e. The second-order valence-electron chi connectivity index (χ2n) is 11.8. The number of nitrogens with zero attached hydrogens (tertiary/aromatic N) is 1. The van der Waals surface area contributed by atoms with Gasteiger partial charge in [0.05, 0.1) is 15.5 Å². The Labute approximate surface area is 219 Å². The number of rotatable bonds is 5. The third-order valence-corrected chi connectivity index (χ3v) is 9.23. The van der Waals surface area contributed by atoms with Crippen LogP contribution < -0.4 is 10.0 Å². The van der Waals surface area contributed by atoms with Gasteiger partial charge in [0.1, 0.15) is 0 Å². The molecule has 0 saturated heterocycles. The van der Waals surface area contributed by atoms with Gasteiger partial charge in [0, 0.05) is 27.9 Å². The fourth-order valence-corrected chi connectivity index (χ4v) is 7.61. The molecule has 0 atom stereocenters. The predicted molar refractivity (Wildman–Crippen MR) is 148 cm³/mol. The highest BCUT2D eigenvalue weighted by atomic mass is 32.2. The summed E-state index contributed by atoms with van der Waals surface area (Å²) in [6.45, 7) is 11.7. The minimum absolute atomic E-state index is 0.124. The summed E-state index contributed by atoms with van der Waals surface area (Å²) in [6.07, 6.45) is 5.55. The molecule has 0 unspecified atom stereocenters. The van der Waals surface area contributed by atoms with Crippen LogP contribution in [0.1, 0.15) is 89.1 Å². The number of fused-ring (bicyclic) bond motifs is 1. The molecule has 1 saturated carbocycles. The summed E-state index contributed by atoms with van der Waals surface area (Å²) in [5.74, 6) is -0.124. The lowest BCUT2D eigenvalue weighted by Gasteiger charge is -2.22. The number of aromatic nitrogens is 1. The molecule has 0 aliphatic heterocycles. The van der Waals surface area contributed by atoms with E-state index in [4.69, 9.17) is 4.98 Å². The lowest BCUT2D eigenvalue weighted by molar-refractivity contribution is 0.0927. The predicted octanol–water partition coefficient (Wildman–Crippen LogP) is 6.40. The number of amides is 1. The zero-order chi connectivity index (χ0) is 26.3. The monoisotopic (exact) mass is 527 g/mol. The lowest BCUT2D eigenvalue weighted by atomic mass is 9.89. The number of thiazole rings is 1. The van der Waals surface area contributed by atoms with E-state index in [1.54, 1.807) is 6.07 Å². The van der Waals surface area contributed by atoms with Crippen molar-refractivity contribution in [2.45, 2.75) is 95.5 Å². The Kier molecular flexibility index (Phi) is 7.34. The van der Waals surface area contributed by atoms with Crippen LogP contribution in [0.2, 0.25) is 0 Å². The van der Waals surface area contributed by atoms with Gasteiger partial charge in [-0.3, -0.25) is 4.79 Å². The van der Waals surface area contributed by atoms with Crippen LogP contribution in [0.15, 0.2) is 41.3 Å². The van der Waals surface area contributed by atoms with Gasteiger partial charge in [-0.25, -0.2) is 18.1 Å². The highest BCUT2D eigenvalue weighted by Gasteiger charge is 2.30. The van der Waals surface area contributed by atoms with Gasteiger partial charge in [0.25, 0.3) is 5.91 Å². The van der Waals surface area contributed by atoms with Gasteiger partial charge in [-0.05, 0) is 45.1 Å². The van der Waals surface area contributed by atoms with E-state index in [0.29, 0.717) is 10.4 Å². The Morgan fingerprint density at radius 1 is 0.944 bits per heavy atom. The van der Waals surface area contributed by atoms with Crippen LogP contribution in [-0.4, -0.2) is 30.9 Å². The van der Waals surface area contributed by atoms with E-state index in [1.165, 1.54) is 17.8 Å². The highest BCUT2D eigenvalue weighted by Crippen LogP contribution is 2.41. The molecule has 1 aliphatic carbocycles. The fraction of sp³-hybridized carbons (Fsp3) is 0.500. The molecule has 1 fully saturated rings. The van der Waals surface area contributed by atoms with Crippen molar-refractivity contribution < 1.29 is 13.2 Å². The minimum atomic E-state index is -3.73. The second-order valence-corrected chi connectivity index (χ2v) is 14.4. The van der Waals surface area contributed by atoms with Crippen LogP contribution in [-0.2, 0) is 15.4 Å². The summed E-state index contributed by atoms with van der Waals surface area (Å²) in [7, 11) is -3.73. The lowest BCUT2D eigenvalue weighted by Crippen LogP contribution is -2.40. The summed E-state index contributed by atoms with van der Waals surface area (Å²) in [5, 5.41) is 5.11. The number of carbonyl (C=O) groups excluding carboxylic acids is 1. The zero-order valence-electron chi connectivity index (χ0n) is 22.1. The van der Waals surface area contributed by atoms with E-state index in [2.05, 4.69) is 30.8 Å². The molecular formula is C28H37N3O3S2. The molecule has 4 rings (SSSR count). The molecule has 36 heavy (non-hydrogen) atoms. The molecule has 1 aromatic heterocycles. The van der Waals surface area contributed by atoms with Crippen molar-refractivity contribution in [2.75, 3.05) is 0 Å². The molecule has 8 heteroatoms. The third kappa shape index (κ3) is 5.82. The first-order valence-electron chi connectivity index (χ1n) is 12.6. The molecule has 0 bridgehead atoms. The molecular weight excluding hydrogens is 490 g/mol. The molecule has 1 heterocycles. The maximum absolute atomic E-state index is 13.2. The van der Waals surface area contributed by atoms with Crippen LogP contribution in [0.3, 0.4) is 0 Å². The Bertz CT molecular complexity index is 1370.